The average Bonchev–Trinajstić information content (AvgIpc) is 2.75. The lowest BCUT2D eigenvalue weighted by molar-refractivity contribution is 0.398. The fourth-order valence-corrected chi connectivity index (χ4v) is 3.23. The van der Waals surface area contributed by atoms with Crippen LogP contribution in [0.1, 0.15) is 0 Å². The molecule has 0 saturated heterocycles. The van der Waals surface area contributed by atoms with Gasteiger partial charge in [-0.05, 0) is 36.4 Å². The third kappa shape index (κ3) is 5.59. The number of aromatic nitrogens is 2. The van der Waals surface area contributed by atoms with Crippen LogP contribution in [0.25, 0.3) is 0 Å². The van der Waals surface area contributed by atoms with E-state index in [0.29, 0.717) is 5.69 Å². The van der Waals surface area contributed by atoms with Crippen molar-refractivity contribution in [3.63, 3.8) is 0 Å². The van der Waals surface area contributed by atoms with Crippen molar-refractivity contribution in [2.75, 3.05) is 17.3 Å². The van der Waals surface area contributed by atoms with Crippen molar-refractivity contribution < 1.29 is 13.2 Å². The number of nitrogens with one attached hydrogen (secondary N) is 2. The van der Waals surface area contributed by atoms with Gasteiger partial charge in [-0.2, -0.15) is 5.10 Å². The van der Waals surface area contributed by atoms with Crippen molar-refractivity contribution in [2.24, 2.45) is 10.1 Å². The Kier molecular flexibility index (Phi) is 6.48. The molecule has 0 radical (unpaired) electrons. The van der Waals surface area contributed by atoms with E-state index in [1.165, 1.54) is 44.1 Å². The highest BCUT2D eigenvalue weighted by Crippen LogP contribution is 2.22. The van der Waals surface area contributed by atoms with E-state index in [9.17, 15) is 8.42 Å². The predicted octanol–water partition coefficient (Wildman–Crippen LogP) is 3.09. The summed E-state index contributed by atoms with van der Waals surface area (Å²) in [5.41, 5.74) is 4.30. The molecule has 0 atom stereocenters. The monoisotopic (exact) mass is 410 g/mol. The number of ether oxygens (including phenoxy) is 1. The molecule has 9 nitrogen and oxygen atoms in total. The number of anilines is 2. The van der Waals surface area contributed by atoms with Crippen LogP contribution in [-0.2, 0) is 10.0 Å². The van der Waals surface area contributed by atoms with Gasteiger partial charge in [0.25, 0.3) is 15.9 Å². The summed E-state index contributed by atoms with van der Waals surface area (Å²) in [5.74, 6) is 0.0971. The second kappa shape index (κ2) is 9.42. The lowest BCUT2D eigenvalue weighted by Crippen LogP contribution is -2.14. The molecular formula is C19H18N6O3S. The molecule has 3 aromatic rings. The van der Waals surface area contributed by atoms with Crippen molar-refractivity contribution in [1.29, 1.82) is 0 Å². The summed E-state index contributed by atoms with van der Waals surface area (Å²) in [4.78, 5) is 12.1. The summed E-state index contributed by atoms with van der Waals surface area (Å²) in [7, 11) is -2.46. The zero-order valence-corrected chi connectivity index (χ0v) is 16.2. The highest BCUT2D eigenvalue weighted by atomic mass is 32.2. The van der Waals surface area contributed by atoms with Crippen LogP contribution >= 0.6 is 0 Å². The summed E-state index contributed by atoms with van der Waals surface area (Å²) < 4.78 is 32.4. The first-order valence-corrected chi connectivity index (χ1v) is 9.91. The Morgan fingerprint density at radius 1 is 0.966 bits per heavy atom. The number of nitrogens with zero attached hydrogens (tertiary/aromatic N) is 4. The van der Waals surface area contributed by atoms with Gasteiger partial charge in [-0.1, -0.05) is 18.2 Å². The van der Waals surface area contributed by atoms with E-state index in [4.69, 9.17) is 4.74 Å². The van der Waals surface area contributed by atoms with Gasteiger partial charge in [-0.3, -0.25) is 15.1 Å². The second-order valence-electron chi connectivity index (χ2n) is 5.55. The molecule has 1 heterocycles. The molecule has 2 aromatic carbocycles. The minimum atomic E-state index is -3.84. The molecule has 0 saturated carbocycles. The third-order valence-corrected chi connectivity index (χ3v) is 4.92. The van der Waals surface area contributed by atoms with Crippen molar-refractivity contribution in [1.82, 2.24) is 9.97 Å². The van der Waals surface area contributed by atoms with Crippen LogP contribution in [0.3, 0.4) is 0 Å². The van der Waals surface area contributed by atoms with Gasteiger partial charge < -0.3 is 4.74 Å². The van der Waals surface area contributed by atoms with E-state index < -0.39 is 10.0 Å². The molecule has 0 bridgehead atoms. The number of benzene rings is 2. The minimum Gasteiger partial charge on any atom is -0.478 e. The Bertz CT molecular complexity index is 1100. The van der Waals surface area contributed by atoms with Gasteiger partial charge in [0, 0.05) is 18.6 Å². The van der Waals surface area contributed by atoms with Crippen LogP contribution in [-0.4, -0.2) is 37.9 Å². The van der Waals surface area contributed by atoms with Gasteiger partial charge in [0.15, 0.2) is 0 Å². The van der Waals surface area contributed by atoms with E-state index in [-0.39, 0.29) is 16.6 Å². The zero-order valence-electron chi connectivity index (χ0n) is 15.4. The summed E-state index contributed by atoms with van der Waals surface area (Å²) >= 11 is 0. The normalized spacial score (nSPS) is 11.6. The Balaban J connectivity index is 1.63. The Morgan fingerprint density at radius 3 is 2.41 bits per heavy atom. The Hall–Kier alpha value is -3.79. The number of hydrogen-bond acceptors (Lipinski definition) is 8. The summed E-state index contributed by atoms with van der Waals surface area (Å²) in [5, 5.41) is 4.02. The van der Waals surface area contributed by atoms with Gasteiger partial charge in [-0.25, -0.2) is 18.4 Å². The van der Waals surface area contributed by atoms with Crippen molar-refractivity contribution in [3.05, 3.63) is 67.0 Å². The van der Waals surface area contributed by atoms with Gasteiger partial charge in [0.2, 0.25) is 5.82 Å². The maximum Gasteiger partial charge on any atom is 0.263 e. The molecule has 0 aliphatic heterocycles. The zero-order chi connectivity index (χ0) is 20.5. The first-order chi connectivity index (χ1) is 14.1. The largest absolute Gasteiger partial charge is 0.478 e. The smallest absolute Gasteiger partial charge is 0.263 e. The Labute approximate surface area is 168 Å². The van der Waals surface area contributed by atoms with E-state index in [0.717, 1.165) is 5.69 Å². The van der Waals surface area contributed by atoms with E-state index in [1.807, 2.05) is 30.3 Å². The number of methoxy groups -OCH3 is 1. The number of aliphatic imine (C=N–C) groups is 1. The van der Waals surface area contributed by atoms with Crippen LogP contribution in [0.2, 0.25) is 0 Å². The highest BCUT2D eigenvalue weighted by molar-refractivity contribution is 7.92. The lowest BCUT2D eigenvalue weighted by atomic mass is 10.3. The number of para-hydroxylation sites is 1. The molecule has 29 heavy (non-hydrogen) atoms. The molecule has 0 aliphatic rings. The second-order valence-corrected chi connectivity index (χ2v) is 7.23. The SMILES string of the molecule is COc1nccnc1NS(=O)(=O)c1ccc(N=C/C=N/Nc2ccccc2)cc1. The van der Waals surface area contributed by atoms with Crippen LogP contribution in [0.5, 0.6) is 5.88 Å². The average molecular weight is 410 g/mol. The Morgan fingerprint density at radius 2 is 1.69 bits per heavy atom. The fraction of sp³-hybridized carbons (Fsp3) is 0.0526. The molecular weight excluding hydrogens is 392 g/mol. The van der Waals surface area contributed by atoms with Gasteiger partial charge >= 0.3 is 0 Å². The van der Waals surface area contributed by atoms with E-state index in [2.05, 4.69) is 30.2 Å². The van der Waals surface area contributed by atoms with Gasteiger partial charge in [0.05, 0.1) is 29.6 Å². The summed E-state index contributed by atoms with van der Waals surface area (Å²) in [6, 6.07) is 15.5. The van der Waals surface area contributed by atoms with E-state index >= 15 is 0 Å². The van der Waals surface area contributed by atoms with Crippen molar-refractivity contribution in [3.8, 4) is 5.88 Å². The predicted molar refractivity (Wildman–Crippen MR) is 113 cm³/mol. The van der Waals surface area contributed by atoms with Crippen LogP contribution in [0.4, 0.5) is 17.2 Å². The van der Waals surface area contributed by atoms with Crippen LogP contribution in [0, 0.1) is 0 Å². The number of hydrogen-bond donors (Lipinski definition) is 2. The standard InChI is InChI=1S/C19H18N6O3S/c1-28-19-18(21-11-12-22-19)25-29(26,27)17-9-7-15(8-10-17)20-13-14-23-24-16-5-3-2-4-6-16/h2-14,24H,1H3,(H,21,25)/b20-13?,23-14+. The maximum atomic E-state index is 12.5. The molecule has 148 valence electrons. The number of hydrazone groups is 1. The number of sulfonamides is 1. The summed E-state index contributed by atoms with van der Waals surface area (Å²) in [6.45, 7) is 0. The molecule has 10 heteroatoms. The molecule has 0 unspecified atom stereocenters. The van der Waals surface area contributed by atoms with Gasteiger partial charge in [-0.15, -0.1) is 0 Å². The van der Waals surface area contributed by atoms with Crippen LogP contribution < -0.4 is 14.9 Å². The van der Waals surface area contributed by atoms with E-state index in [1.54, 1.807) is 12.1 Å². The number of rotatable bonds is 8. The molecule has 0 amide bonds. The maximum absolute atomic E-state index is 12.5. The molecule has 0 spiro atoms. The van der Waals surface area contributed by atoms with Crippen LogP contribution in [0.15, 0.2) is 82.0 Å². The first kappa shape index (κ1) is 20.0. The van der Waals surface area contributed by atoms with Crippen molar-refractivity contribution in [2.45, 2.75) is 4.90 Å². The highest BCUT2D eigenvalue weighted by Gasteiger charge is 2.17. The summed E-state index contributed by atoms with van der Waals surface area (Å²) in [6.07, 6.45) is 5.77. The quantitative estimate of drug-likeness (QED) is 0.435. The molecule has 3 rings (SSSR count). The first-order valence-electron chi connectivity index (χ1n) is 8.43. The minimum absolute atomic E-state index is 0.0132. The third-order valence-electron chi connectivity index (χ3n) is 3.57. The topological polar surface area (TPSA) is 118 Å². The van der Waals surface area contributed by atoms with Crippen molar-refractivity contribution >= 4 is 39.6 Å². The fourth-order valence-electron chi connectivity index (χ4n) is 2.22. The molecule has 2 N–H and O–H groups in total. The molecule has 0 fully saturated rings. The van der Waals surface area contributed by atoms with Gasteiger partial charge in [0.1, 0.15) is 0 Å². The molecule has 1 aromatic heterocycles. The lowest BCUT2D eigenvalue weighted by Gasteiger charge is -2.09. The molecule has 0 aliphatic carbocycles.